The highest BCUT2D eigenvalue weighted by molar-refractivity contribution is 6.40. The zero-order chi connectivity index (χ0) is 8.15. The van der Waals surface area contributed by atoms with E-state index in [0.717, 1.165) is 0 Å². The van der Waals surface area contributed by atoms with E-state index in [1.165, 1.54) is 11.8 Å². The third-order valence-corrected chi connectivity index (χ3v) is 0.477. The average molecular weight is 142 g/mol. The van der Waals surface area contributed by atoms with E-state index < -0.39 is 17.7 Å². The molecule has 0 aliphatic heterocycles. The summed E-state index contributed by atoms with van der Waals surface area (Å²) in [4.78, 5) is 29.3. The Kier molecular flexibility index (Phi) is 2.65. The van der Waals surface area contributed by atoms with Gasteiger partial charge in [-0.2, -0.15) is 0 Å². The van der Waals surface area contributed by atoms with Gasteiger partial charge in [-0.3, -0.25) is 4.79 Å². The van der Waals surface area contributed by atoms with Gasteiger partial charge in [-0.1, -0.05) is 0 Å². The summed E-state index contributed by atoms with van der Waals surface area (Å²) in [5.41, 5.74) is 0. The van der Waals surface area contributed by atoms with Crippen LogP contribution in [-0.2, 0) is 14.4 Å². The van der Waals surface area contributed by atoms with Crippen LogP contribution in [0, 0.1) is 11.8 Å². The molecule has 52 valence electrons. The predicted octanol–water partition coefficient (Wildman–Crippen LogP) is -1.27. The highest BCUT2D eigenvalue weighted by atomic mass is 16.4. The van der Waals surface area contributed by atoms with E-state index in [1.807, 2.05) is 0 Å². The van der Waals surface area contributed by atoms with Crippen LogP contribution < -0.4 is 0 Å². The molecule has 0 saturated heterocycles. The molecular weight excluding hydrogens is 140 g/mol. The molecule has 0 rings (SSSR count). The molecule has 0 fully saturated rings. The van der Waals surface area contributed by atoms with Gasteiger partial charge in [-0.05, 0) is 5.92 Å². The van der Waals surface area contributed by atoms with Crippen LogP contribution in [0.5, 0.6) is 0 Å². The molecule has 0 saturated carbocycles. The molecule has 0 radical (unpaired) electrons. The lowest BCUT2D eigenvalue weighted by atomic mass is 10.4. The molecule has 0 atom stereocenters. The summed E-state index contributed by atoms with van der Waals surface area (Å²) < 4.78 is 0. The van der Waals surface area contributed by atoms with E-state index in [9.17, 15) is 14.4 Å². The molecule has 10 heavy (non-hydrogen) atoms. The normalized spacial score (nSPS) is 7.20. The largest absolute Gasteiger partial charge is 0.475 e. The Hall–Kier alpha value is -1.83. The average Bonchev–Trinajstić information content (AvgIpc) is 1.82. The molecule has 5 heteroatoms. The van der Waals surface area contributed by atoms with Crippen LogP contribution in [0.4, 0.5) is 0 Å². The summed E-state index contributed by atoms with van der Waals surface area (Å²) in [6.45, 7) is 0. The van der Waals surface area contributed by atoms with Gasteiger partial charge in [0.25, 0.3) is 0 Å². The molecule has 0 bridgehead atoms. The molecule has 0 aromatic heterocycles. The Bertz CT molecular complexity index is 240. The second-order valence-corrected chi connectivity index (χ2v) is 1.19. The molecule has 0 amide bonds. The number of rotatable bonds is 1. The number of carbonyl (C=O) groups is 3. The van der Waals surface area contributed by atoms with E-state index in [0.29, 0.717) is 0 Å². The summed E-state index contributed by atoms with van der Waals surface area (Å²) in [5.74, 6) is -1.96. The monoisotopic (exact) mass is 142 g/mol. The third kappa shape index (κ3) is 3.21. The van der Waals surface area contributed by atoms with Crippen LogP contribution in [0.1, 0.15) is 0 Å². The van der Waals surface area contributed by atoms with Crippen molar-refractivity contribution in [2.45, 2.75) is 0 Å². The highest BCUT2D eigenvalue weighted by Gasteiger charge is 2.06. The Labute approximate surface area is 55.3 Å². The van der Waals surface area contributed by atoms with Gasteiger partial charge in [0.1, 0.15) is 0 Å². The molecule has 2 N–H and O–H groups in total. The Morgan fingerprint density at radius 1 is 1.00 bits per heavy atom. The van der Waals surface area contributed by atoms with Crippen molar-refractivity contribution in [2.75, 3.05) is 0 Å². The number of aliphatic carboxylic acids is 2. The number of Topliss-reactive ketones (excluding diaryl/α,β-unsaturated/α-hetero) is 1. The minimum Gasteiger partial charge on any atom is -0.475 e. The van der Waals surface area contributed by atoms with Gasteiger partial charge in [0.15, 0.2) is 0 Å². The molecule has 0 spiro atoms. The summed E-state index contributed by atoms with van der Waals surface area (Å²) >= 11 is 0. The number of carboxylic acids is 2. The molecule has 0 aliphatic carbocycles. The molecule has 0 unspecified atom stereocenters. The van der Waals surface area contributed by atoms with Gasteiger partial charge >= 0.3 is 17.7 Å². The van der Waals surface area contributed by atoms with E-state index in [-0.39, 0.29) is 0 Å². The number of carboxylic acid groups (broad SMARTS) is 2. The number of ketones is 1. The maximum Gasteiger partial charge on any atom is 0.385 e. The van der Waals surface area contributed by atoms with Crippen LogP contribution in [0.3, 0.4) is 0 Å². The Morgan fingerprint density at radius 3 is 1.80 bits per heavy atom. The SMILES string of the molecule is O=C(O)C#CC(=O)C(=O)O. The van der Waals surface area contributed by atoms with E-state index in [4.69, 9.17) is 10.2 Å². The van der Waals surface area contributed by atoms with Gasteiger partial charge in [0.05, 0.1) is 0 Å². The van der Waals surface area contributed by atoms with Crippen molar-refractivity contribution in [3.05, 3.63) is 0 Å². The second-order valence-electron chi connectivity index (χ2n) is 1.19. The first kappa shape index (κ1) is 8.17. The summed E-state index contributed by atoms with van der Waals surface area (Å²) in [5, 5.41) is 15.7. The summed E-state index contributed by atoms with van der Waals surface area (Å²) in [7, 11) is 0. The first-order chi connectivity index (χ1) is 4.54. The number of hydrogen-bond donors (Lipinski definition) is 2. The number of hydrogen-bond acceptors (Lipinski definition) is 3. The van der Waals surface area contributed by atoms with Crippen molar-refractivity contribution in [2.24, 2.45) is 0 Å². The smallest absolute Gasteiger partial charge is 0.385 e. The van der Waals surface area contributed by atoms with Crippen molar-refractivity contribution in [3.8, 4) is 11.8 Å². The third-order valence-electron chi connectivity index (χ3n) is 0.477. The van der Waals surface area contributed by atoms with Crippen molar-refractivity contribution in [1.29, 1.82) is 0 Å². The molecule has 0 aromatic carbocycles. The summed E-state index contributed by atoms with van der Waals surface area (Å²) in [6, 6.07) is 0. The van der Waals surface area contributed by atoms with Crippen molar-refractivity contribution in [1.82, 2.24) is 0 Å². The van der Waals surface area contributed by atoms with E-state index in [1.54, 1.807) is 0 Å². The van der Waals surface area contributed by atoms with Gasteiger partial charge in [0, 0.05) is 5.92 Å². The Morgan fingerprint density at radius 2 is 1.50 bits per heavy atom. The van der Waals surface area contributed by atoms with Crippen molar-refractivity contribution < 1.29 is 24.6 Å². The first-order valence-electron chi connectivity index (χ1n) is 2.06. The maximum absolute atomic E-state index is 10.0. The molecule has 5 nitrogen and oxygen atoms in total. The first-order valence-corrected chi connectivity index (χ1v) is 2.06. The van der Waals surface area contributed by atoms with Gasteiger partial charge in [-0.25, -0.2) is 9.59 Å². The molecule has 0 aromatic rings. The van der Waals surface area contributed by atoms with Crippen LogP contribution in [-0.4, -0.2) is 27.9 Å². The lowest BCUT2D eigenvalue weighted by Gasteiger charge is -1.75. The second kappa shape index (κ2) is 3.25. The van der Waals surface area contributed by atoms with Gasteiger partial charge in [0.2, 0.25) is 0 Å². The predicted molar refractivity (Wildman–Crippen MR) is 28.1 cm³/mol. The van der Waals surface area contributed by atoms with Crippen molar-refractivity contribution in [3.63, 3.8) is 0 Å². The Balaban J connectivity index is 4.20. The quantitative estimate of drug-likeness (QED) is 0.270. The van der Waals surface area contributed by atoms with E-state index >= 15 is 0 Å². The fourth-order valence-corrected chi connectivity index (χ4v) is 0.164. The zero-order valence-electron chi connectivity index (χ0n) is 4.62. The van der Waals surface area contributed by atoms with Gasteiger partial charge < -0.3 is 10.2 Å². The lowest BCUT2D eigenvalue weighted by Crippen LogP contribution is -2.09. The summed E-state index contributed by atoms with van der Waals surface area (Å²) in [6.07, 6.45) is 0. The fourth-order valence-electron chi connectivity index (χ4n) is 0.164. The fraction of sp³-hybridized carbons (Fsp3) is 0. The zero-order valence-corrected chi connectivity index (χ0v) is 4.62. The van der Waals surface area contributed by atoms with Crippen LogP contribution >= 0.6 is 0 Å². The molecular formula is C5H2O5. The van der Waals surface area contributed by atoms with Crippen LogP contribution in [0.2, 0.25) is 0 Å². The standard InChI is InChI=1S/C5H2O5/c6-3(5(9)10)1-2-4(7)8/h(H,7,8)(H,9,10). The van der Waals surface area contributed by atoms with Crippen LogP contribution in [0.15, 0.2) is 0 Å². The van der Waals surface area contributed by atoms with Crippen LogP contribution in [0.25, 0.3) is 0 Å². The minimum absolute atomic E-state index is 1.36. The van der Waals surface area contributed by atoms with E-state index in [2.05, 4.69) is 0 Å². The highest BCUT2D eigenvalue weighted by Crippen LogP contribution is 1.67. The van der Waals surface area contributed by atoms with Crippen molar-refractivity contribution >= 4 is 17.7 Å². The lowest BCUT2D eigenvalue weighted by molar-refractivity contribution is -0.146. The number of carbonyl (C=O) groups excluding carboxylic acids is 1. The maximum atomic E-state index is 10.0. The topological polar surface area (TPSA) is 91.7 Å². The minimum atomic E-state index is -1.76. The van der Waals surface area contributed by atoms with Gasteiger partial charge in [-0.15, -0.1) is 0 Å². The molecule has 0 heterocycles. The molecule has 0 aliphatic rings.